The second-order valence-electron chi connectivity index (χ2n) is 6.20. The number of aryl methyl sites for hydroxylation is 1. The van der Waals surface area contributed by atoms with E-state index in [0.29, 0.717) is 16.8 Å². The Hall–Kier alpha value is -2.67. The van der Waals surface area contributed by atoms with Gasteiger partial charge in [0.25, 0.3) is 11.8 Å². The summed E-state index contributed by atoms with van der Waals surface area (Å²) in [7, 11) is 1.73. The molecule has 0 aliphatic heterocycles. The molecule has 3 aromatic carbocycles. The van der Waals surface area contributed by atoms with Gasteiger partial charge in [-0.1, -0.05) is 30.3 Å². The number of nitrogens with zero attached hydrogens (tertiary/aromatic N) is 1. The van der Waals surface area contributed by atoms with Crippen molar-refractivity contribution < 1.29 is 9.59 Å². The van der Waals surface area contributed by atoms with Crippen molar-refractivity contribution in [1.82, 2.24) is 0 Å². The molecule has 0 aromatic heterocycles. The molecule has 136 valence electrons. The highest BCUT2D eigenvalue weighted by molar-refractivity contribution is 14.1. The fraction of sp³-hybridized carbons (Fsp3) is 0.0909. The van der Waals surface area contributed by atoms with Crippen LogP contribution in [-0.4, -0.2) is 18.9 Å². The fourth-order valence-corrected chi connectivity index (χ4v) is 3.15. The van der Waals surface area contributed by atoms with Gasteiger partial charge in [0, 0.05) is 33.1 Å². The van der Waals surface area contributed by atoms with Crippen molar-refractivity contribution >= 4 is 45.8 Å². The third kappa shape index (κ3) is 4.54. The number of carbonyl (C=O) groups is 2. The molecule has 27 heavy (non-hydrogen) atoms. The lowest BCUT2D eigenvalue weighted by Crippen LogP contribution is -2.26. The highest BCUT2D eigenvalue weighted by atomic mass is 127. The van der Waals surface area contributed by atoms with Crippen LogP contribution < -0.4 is 10.2 Å². The summed E-state index contributed by atoms with van der Waals surface area (Å²) in [5, 5.41) is 2.87. The van der Waals surface area contributed by atoms with Gasteiger partial charge in [0.2, 0.25) is 0 Å². The molecule has 5 heteroatoms. The van der Waals surface area contributed by atoms with Gasteiger partial charge in [0.15, 0.2) is 0 Å². The van der Waals surface area contributed by atoms with Gasteiger partial charge < -0.3 is 10.2 Å². The number of carbonyl (C=O) groups excluding carboxylic acids is 2. The van der Waals surface area contributed by atoms with E-state index in [9.17, 15) is 9.59 Å². The molecular formula is C22H19IN2O2. The van der Waals surface area contributed by atoms with E-state index in [1.165, 1.54) is 0 Å². The van der Waals surface area contributed by atoms with Crippen LogP contribution in [0.4, 0.5) is 11.4 Å². The molecule has 0 aliphatic rings. The van der Waals surface area contributed by atoms with Crippen LogP contribution in [0.25, 0.3) is 0 Å². The molecule has 0 aliphatic carbocycles. The van der Waals surface area contributed by atoms with Crippen LogP contribution in [0.5, 0.6) is 0 Å². The van der Waals surface area contributed by atoms with Crippen LogP contribution in [-0.2, 0) is 0 Å². The number of benzene rings is 3. The highest BCUT2D eigenvalue weighted by Gasteiger charge is 2.14. The molecule has 0 radical (unpaired) electrons. The van der Waals surface area contributed by atoms with Crippen LogP contribution in [0.2, 0.25) is 0 Å². The molecule has 0 atom stereocenters. The van der Waals surface area contributed by atoms with Crippen molar-refractivity contribution in [3.63, 3.8) is 0 Å². The van der Waals surface area contributed by atoms with Crippen LogP contribution in [0.3, 0.4) is 0 Å². The number of rotatable bonds is 4. The van der Waals surface area contributed by atoms with E-state index in [1.807, 2.05) is 49.4 Å². The topological polar surface area (TPSA) is 49.4 Å². The summed E-state index contributed by atoms with van der Waals surface area (Å²) < 4.78 is 1.04. The van der Waals surface area contributed by atoms with Crippen LogP contribution >= 0.6 is 22.6 Å². The standard InChI is InChI=1S/C22H19IN2O2/c1-15-11-12-16(14-20(15)23)21(26)24-18-8-6-7-17(13-18)22(27)25(2)19-9-4-3-5-10-19/h3-14H,1-2H3,(H,24,26). The normalized spacial score (nSPS) is 10.3. The number of anilines is 2. The maximum absolute atomic E-state index is 12.7. The summed E-state index contributed by atoms with van der Waals surface area (Å²) >= 11 is 2.21. The van der Waals surface area contributed by atoms with E-state index in [-0.39, 0.29) is 11.8 Å². The molecule has 0 spiro atoms. The number of amides is 2. The minimum Gasteiger partial charge on any atom is -0.322 e. The first-order chi connectivity index (χ1) is 13.0. The molecule has 3 rings (SSSR count). The quantitative estimate of drug-likeness (QED) is 0.538. The number of para-hydroxylation sites is 1. The number of nitrogens with one attached hydrogen (secondary N) is 1. The van der Waals surface area contributed by atoms with Gasteiger partial charge >= 0.3 is 0 Å². The second-order valence-corrected chi connectivity index (χ2v) is 7.36. The zero-order valence-corrected chi connectivity index (χ0v) is 17.2. The number of halogens is 1. The average molecular weight is 470 g/mol. The first kappa shape index (κ1) is 19.1. The maximum Gasteiger partial charge on any atom is 0.258 e. The lowest BCUT2D eigenvalue weighted by Gasteiger charge is -2.17. The fourth-order valence-electron chi connectivity index (χ4n) is 2.63. The van der Waals surface area contributed by atoms with Crippen LogP contribution in [0.1, 0.15) is 26.3 Å². The van der Waals surface area contributed by atoms with Gasteiger partial charge in [0.1, 0.15) is 0 Å². The number of hydrogen-bond acceptors (Lipinski definition) is 2. The van der Waals surface area contributed by atoms with E-state index in [2.05, 4.69) is 27.9 Å². The molecule has 0 unspecified atom stereocenters. The Bertz CT molecular complexity index is 987. The van der Waals surface area contributed by atoms with E-state index >= 15 is 0 Å². The molecule has 3 aromatic rings. The molecular weight excluding hydrogens is 451 g/mol. The first-order valence-electron chi connectivity index (χ1n) is 8.46. The third-order valence-corrected chi connectivity index (χ3v) is 5.41. The van der Waals surface area contributed by atoms with Crippen molar-refractivity contribution in [1.29, 1.82) is 0 Å². The van der Waals surface area contributed by atoms with Crippen molar-refractivity contribution in [2.45, 2.75) is 6.92 Å². The van der Waals surface area contributed by atoms with Gasteiger partial charge in [-0.15, -0.1) is 0 Å². The predicted octanol–water partition coefficient (Wildman–Crippen LogP) is 5.13. The van der Waals surface area contributed by atoms with E-state index < -0.39 is 0 Å². The lowest BCUT2D eigenvalue weighted by molar-refractivity contribution is 0.0990. The van der Waals surface area contributed by atoms with Crippen LogP contribution in [0, 0.1) is 10.5 Å². The highest BCUT2D eigenvalue weighted by Crippen LogP contribution is 2.19. The Kier molecular flexibility index (Phi) is 5.91. The van der Waals surface area contributed by atoms with Gasteiger partial charge in [-0.3, -0.25) is 9.59 Å². The van der Waals surface area contributed by atoms with Gasteiger partial charge in [-0.05, 0) is 77.5 Å². The predicted molar refractivity (Wildman–Crippen MR) is 117 cm³/mol. The van der Waals surface area contributed by atoms with Crippen LogP contribution in [0.15, 0.2) is 72.8 Å². The second kappa shape index (κ2) is 8.35. The molecule has 0 fully saturated rings. The molecule has 0 saturated heterocycles. The first-order valence-corrected chi connectivity index (χ1v) is 9.54. The summed E-state index contributed by atoms with van der Waals surface area (Å²) in [6.45, 7) is 2.00. The third-order valence-electron chi connectivity index (χ3n) is 4.25. The summed E-state index contributed by atoms with van der Waals surface area (Å²) in [4.78, 5) is 26.8. The van der Waals surface area contributed by atoms with Gasteiger partial charge in [0.05, 0.1) is 0 Å². The number of hydrogen-bond donors (Lipinski definition) is 1. The van der Waals surface area contributed by atoms with Gasteiger partial charge in [-0.25, -0.2) is 0 Å². The monoisotopic (exact) mass is 470 g/mol. The van der Waals surface area contributed by atoms with Crippen molar-refractivity contribution in [3.8, 4) is 0 Å². The Balaban J connectivity index is 1.78. The van der Waals surface area contributed by atoms with Gasteiger partial charge in [-0.2, -0.15) is 0 Å². The summed E-state index contributed by atoms with van der Waals surface area (Å²) in [5.74, 6) is -0.337. The summed E-state index contributed by atoms with van der Waals surface area (Å²) in [6, 6.07) is 22.0. The minimum absolute atomic E-state index is 0.137. The summed E-state index contributed by atoms with van der Waals surface area (Å²) in [6.07, 6.45) is 0. The molecule has 2 amide bonds. The zero-order valence-electron chi connectivity index (χ0n) is 15.1. The maximum atomic E-state index is 12.7. The molecule has 0 heterocycles. The molecule has 4 nitrogen and oxygen atoms in total. The largest absolute Gasteiger partial charge is 0.322 e. The zero-order chi connectivity index (χ0) is 19.4. The smallest absolute Gasteiger partial charge is 0.258 e. The summed E-state index contributed by atoms with van der Waals surface area (Å²) in [5.41, 5.74) is 3.62. The Labute approximate surface area is 172 Å². The minimum atomic E-state index is -0.200. The van der Waals surface area contributed by atoms with E-state index in [0.717, 1.165) is 14.8 Å². The Morgan fingerprint density at radius 3 is 2.33 bits per heavy atom. The van der Waals surface area contributed by atoms with Crippen molar-refractivity contribution in [3.05, 3.63) is 93.1 Å². The molecule has 0 saturated carbocycles. The SMILES string of the molecule is Cc1ccc(C(=O)Nc2cccc(C(=O)N(C)c3ccccc3)c2)cc1I. The van der Waals surface area contributed by atoms with E-state index in [1.54, 1.807) is 42.3 Å². The Morgan fingerprint density at radius 1 is 0.889 bits per heavy atom. The Morgan fingerprint density at radius 2 is 1.63 bits per heavy atom. The van der Waals surface area contributed by atoms with Crippen molar-refractivity contribution in [2.24, 2.45) is 0 Å². The molecule has 0 bridgehead atoms. The lowest BCUT2D eigenvalue weighted by atomic mass is 10.1. The molecule has 1 N–H and O–H groups in total. The van der Waals surface area contributed by atoms with E-state index in [4.69, 9.17) is 0 Å². The average Bonchev–Trinajstić information content (AvgIpc) is 2.69. The van der Waals surface area contributed by atoms with Crippen molar-refractivity contribution in [2.75, 3.05) is 17.3 Å².